The minimum Gasteiger partial charge on any atom is -0.312 e. The molecule has 3 heterocycles. The summed E-state index contributed by atoms with van der Waals surface area (Å²) < 4.78 is 1.63. The normalized spacial score (nSPS) is 17.1. The quantitative estimate of drug-likeness (QED) is 0.653. The summed E-state index contributed by atoms with van der Waals surface area (Å²) >= 11 is 12.0. The predicted molar refractivity (Wildman–Crippen MR) is 103 cm³/mol. The molecule has 1 atom stereocenters. The summed E-state index contributed by atoms with van der Waals surface area (Å²) in [5.74, 6) is -0.989. The van der Waals surface area contributed by atoms with Crippen molar-refractivity contribution in [1.29, 1.82) is 0 Å². The third-order valence-electron chi connectivity index (χ3n) is 4.70. The lowest BCUT2D eigenvalue weighted by Gasteiger charge is -2.17. The van der Waals surface area contributed by atoms with E-state index in [1.54, 1.807) is 34.8 Å². The van der Waals surface area contributed by atoms with Crippen LogP contribution < -0.4 is 10.2 Å². The van der Waals surface area contributed by atoms with Gasteiger partial charge in [-0.1, -0.05) is 23.2 Å². The van der Waals surface area contributed by atoms with E-state index >= 15 is 0 Å². The van der Waals surface area contributed by atoms with Crippen molar-refractivity contribution in [1.82, 2.24) is 20.0 Å². The van der Waals surface area contributed by atoms with Gasteiger partial charge in [0, 0.05) is 19.3 Å². The van der Waals surface area contributed by atoms with Crippen LogP contribution in [0.5, 0.6) is 0 Å². The number of H-pyrrole nitrogens is 1. The fraction of sp³-hybridized carbons (Fsp3) is 0.294. The Bertz CT molecular complexity index is 1070. The van der Waals surface area contributed by atoms with Crippen LogP contribution in [0.2, 0.25) is 10.0 Å². The number of hydrogen-bond acceptors (Lipinski definition) is 4. The molecule has 3 aromatic rings. The summed E-state index contributed by atoms with van der Waals surface area (Å²) in [5, 5.41) is 15.5. The van der Waals surface area contributed by atoms with Gasteiger partial charge in [-0.25, -0.2) is 4.68 Å². The van der Waals surface area contributed by atoms with Crippen molar-refractivity contribution in [2.24, 2.45) is 13.0 Å². The van der Waals surface area contributed by atoms with Crippen molar-refractivity contribution in [3.05, 3.63) is 33.9 Å². The van der Waals surface area contributed by atoms with Gasteiger partial charge in [-0.05, 0) is 31.5 Å². The Morgan fingerprint density at radius 2 is 2.11 bits per heavy atom. The van der Waals surface area contributed by atoms with Gasteiger partial charge in [0.1, 0.15) is 11.7 Å². The fourth-order valence-corrected chi connectivity index (χ4v) is 3.66. The molecule has 8 nitrogen and oxygen atoms in total. The number of hydrogen-bond donors (Lipinski definition) is 2. The highest BCUT2D eigenvalue weighted by Crippen LogP contribution is 2.32. The van der Waals surface area contributed by atoms with Crippen LogP contribution >= 0.6 is 23.2 Å². The number of carbonyl (C=O) groups excluding carboxylic acids is 2. The molecule has 2 N–H and O–H groups in total. The number of fused-ring (bicyclic) bond motifs is 1. The summed E-state index contributed by atoms with van der Waals surface area (Å²) in [6.45, 7) is 2.26. The summed E-state index contributed by atoms with van der Waals surface area (Å²) in [4.78, 5) is 27.0. The molecule has 140 valence electrons. The number of rotatable bonds is 3. The first-order valence-corrected chi connectivity index (χ1v) is 9.07. The van der Waals surface area contributed by atoms with Gasteiger partial charge in [-0.15, -0.1) is 0 Å². The SMILES string of the molecule is Cc1nn(C)c2n[nH]c(NC(=O)C3CCN(c4ccc(Cl)c(Cl)c4)C3=O)c12. The third-order valence-corrected chi connectivity index (χ3v) is 5.44. The van der Waals surface area contributed by atoms with Gasteiger partial charge in [0.15, 0.2) is 5.65 Å². The first-order valence-electron chi connectivity index (χ1n) is 8.31. The Morgan fingerprint density at radius 3 is 2.85 bits per heavy atom. The van der Waals surface area contributed by atoms with E-state index in [1.807, 2.05) is 6.92 Å². The predicted octanol–water partition coefficient (Wildman–Crippen LogP) is 2.90. The molecule has 27 heavy (non-hydrogen) atoms. The lowest BCUT2D eigenvalue weighted by Crippen LogP contribution is -2.33. The average molecular weight is 407 g/mol. The van der Waals surface area contributed by atoms with Gasteiger partial charge < -0.3 is 10.2 Å². The number of aromatic amines is 1. The molecule has 1 saturated heterocycles. The van der Waals surface area contributed by atoms with E-state index in [4.69, 9.17) is 23.2 Å². The minimum atomic E-state index is -0.783. The molecule has 1 aromatic carbocycles. The smallest absolute Gasteiger partial charge is 0.239 e. The maximum atomic E-state index is 12.8. The van der Waals surface area contributed by atoms with Gasteiger partial charge in [-0.2, -0.15) is 10.2 Å². The molecule has 10 heteroatoms. The number of carbonyl (C=O) groups is 2. The highest BCUT2D eigenvalue weighted by atomic mass is 35.5. The number of nitrogens with one attached hydrogen (secondary N) is 2. The molecule has 1 aliphatic heterocycles. The monoisotopic (exact) mass is 406 g/mol. The van der Waals surface area contributed by atoms with Crippen LogP contribution in [0, 0.1) is 12.8 Å². The molecule has 0 radical (unpaired) electrons. The number of benzene rings is 1. The Hall–Kier alpha value is -2.58. The van der Waals surface area contributed by atoms with E-state index in [0.717, 1.165) is 11.1 Å². The van der Waals surface area contributed by atoms with Gasteiger partial charge in [0.25, 0.3) is 0 Å². The zero-order valence-corrected chi connectivity index (χ0v) is 16.1. The average Bonchev–Trinajstić information content (AvgIpc) is 3.28. The molecule has 1 unspecified atom stereocenters. The molecule has 0 bridgehead atoms. The van der Waals surface area contributed by atoms with Crippen LogP contribution in [-0.2, 0) is 16.6 Å². The number of aryl methyl sites for hydroxylation is 2. The molecule has 0 spiro atoms. The van der Waals surface area contributed by atoms with Crippen molar-refractivity contribution < 1.29 is 9.59 Å². The molecule has 4 rings (SSSR count). The van der Waals surface area contributed by atoms with E-state index in [0.29, 0.717) is 40.2 Å². The minimum absolute atomic E-state index is 0.274. The molecule has 1 fully saturated rings. The summed E-state index contributed by atoms with van der Waals surface area (Å²) in [5.41, 5.74) is 2.00. The second-order valence-electron chi connectivity index (χ2n) is 6.43. The van der Waals surface area contributed by atoms with E-state index in [2.05, 4.69) is 20.6 Å². The Kier molecular flexibility index (Phi) is 4.32. The number of anilines is 2. The number of nitrogens with zero attached hydrogens (tertiary/aromatic N) is 4. The van der Waals surface area contributed by atoms with E-state index < -0.39 is 5.92 Å². The van der Waals surface area contributed by atoms with Crippen molar-refractivity contribution in [3.8, 4) is 0 Å². The van der Waals surface area contributed by atoms with Gasteiger partial charge in [0.2, 0.25) is 11.8 Å². The van der Waals surface area contributed by atoms with Crippen LogP contribution in [0.4, 0.5) is 11.5 Å². The fourth-order valence-electron chi connectivity index (χ4n) is 3.36. The van der Waals surface area contributed by atoms with Gasteiger partial charge >= 0.3 is 0 Å². The first kappa shape index (κ1) is 17.8. The standard InChI is InChI=1S/C17H16Cl2N6O2/c1-8-13-14(21-22-15(13)24(2)23-8)20-16(26)10-5-6-25(17(10)27)9-3-4-11(18)12(19)7-9/h3-4,7,10H,5-6H2,1-2H3,(H2,20,21,22,26). The van der Waals surface area contributed by atoms with E-state index in [1.165, 1.54) is 0 Å². The van der Waals surface area contributed by atoms with Gasteiger partial charge in [-0.3, -0.25) is 14.7 Å². The molecule has 2 aromatic heterocycles. The highest BCUT2D eigenvalue weighted by Gasteiger charge is 2.38. The molecule has 0 saturated carbocycles. The second kappa shape index (κ2) is 6.54. The Labute approximate surface area is 164 Å². The molecule has 2 amide bonds. The largest absolute Gasteiger partial charge is 0.312 e. The molecular formula is C17H16Cl2N6O2. The molecule has 0 aliphatic carbocycles. The van der Waals surface area contributed by atoms with Crippen LogP contribution in [-0.4, -0.2) is 38.3 Å². The lowest BCUT2D eigenvalue weighted by molar-refractivity contribution is -0.129. The number of halogens is 2. The zero-order valence-electron chi connectivity index (χ0n) is 14.6. The summed E-state index contributed by atoms with van der Waals surface area (Å²) in [7, 11) is 1.78. The third kappa shape index (κ3) is 2.94. The van der Waals surface area contributed by atoms with Crippen LogP contribution in [0.25, 0.3) is 11.0 Å². The molecular weight excluding hydrogens is 391 g/mol. The number of aromatic nitrogens is 4. The maximum absolute atomic E-state index is 12.8. The van der Waals surface area contributed by atoms with E-state index in [-0.39, 0.29) is 11.8 Å². The summed E-state index contributed by atoms with van der Waals surface area (Å²) in [6.07, 6.45) is 0.411. The highest BCUT2D eigenvalue weighted by molar-refractivity contribution is 6.42. The maximum Gasteiger partial charge on any atom is 0.239 e. The van der Waals surface area contributed by atoms with Crippen LogP contribution in [0.1, 0.15) is 12.1 Å². The lowest BCUT2D eigenvalue weighted by atomic mass is 10.1. The van der Waals surface area contributed by atoms with Crippen molar-refractivity contribution in [2.75, 3.05) is 16.8 Å². The first-order chi connectivity index (χ1) is 12.9. The topological polar surface area (TPSA) is 95.9 Å². The number of amides is 2. The van der Waals surface area contributed by atoms with Crippen LogP contribution in [0.15, 0.2) is 18.2 Å². The molecule has 1 aliphatic rings. The van der Waals surface area contributed by atoms with Crippen LogP contribution in [0.3, 0.4) is 0 Å². The summed E-state index contributed by atoms with van der Waals surface area (Å²) in [6, 6.07) is 4.97. The van der Waals surface area contributed by atoms with Crippen molar-refractivity contribution in [2.45, 2.75) is 13.3 Å². The Morgan fingerprint density at radius 1 is 1.33 bits per heavy atom. The van der Waals surface area contributed by atoms with E-state index in [9.17, 15) is 9.59 Å². The zero-order chi connectivity index (χ0) is 19.3. The second-order valence-corrected chi connectivity index (χ2v) is 7.24. The van der Waals surface area contributed by atoms with Gasteiger partial charge in [0.05, 0.1) is 21.1 Å². The van der Waals surface area contributed by atoms with Crippen molar-refractivity contribution >= 4 is 57.6 Å². The van der Waals surface area contributed by atoms with Crippen molar-refractivity contribution in [3.63, 3.8) is 0 Å². The Balaban J connectivity index is 1.54.